The average Bonchev–Trinajstić information content (AvgIpc) is 3.72. The van der Waals surface area contributed by atoms with Gasteiger partial charge in [-0.3, -0.25) is 9.97 Å². The first kappa shape index (κ1) is 59.2. The van der Waals surface area contributed by atoms with E-state index in [0.29, 0.717) is 35.5 Å². The first-order valence-corrected chi connectivity index (χ1v) is 26.9. The minimum Gasteiger partial charge on any atom is -0.439 e. The molecule has 396 valence electrons. The van der Waals surface area contributed by atoms with Gasteiger partial charge in [-0.1, -0.05) is 99.4 Å². The van der Waals surface area contributed by atoms with Crippen molar-refractivity contribution in [3.8, 4) is 0 Å². The van der Waals surface area contributed by atoms with Gasteiger partial charge in [0.25, 0.3) is 0 Å². The van der Waals surface area contributed by atoms with Crippen molar-refractivity contribution in [2.75, 3.05) is 0 Å². The Morgan fingerprint density at radius 2 is 1.18 bits per heavy atom. The number of hydrogen-bond donors (Lipinski definition) is 2. The van der Waals surface area contributed by atoms with Crippen molar-refractivity contribution < 1.29 is 14.6 Å². The van der Waals surface area contributed by atoms with E-state index in [-0.39, 0.29) is 0 Å². The minimum atomic E-state index is -0.856. The molecule has 0 amide bonds. The van der Waals surface area contributed by atoms with Crippen LogP contribution in [0.25, 0.3) is 33.2 Å². The molecule has 10 nitrogen and oxygen atoms in total. The van der Waals surface area contributed by atoms with Crippen molar-refractivity contribution in [1.82, 2.24) is 34.9 Å². The Hall–Kier alpha value is -5.68. The summed E-state index contributed by atoms with van der Waals surface area (Å²) in [5, 5.41) is 21.9. The predicted molar refractivity (Wildman–Crippen MR) is 308 cm³/mol. The Bertz CT molecular complexity index is 2980. The molecule has 0 atom stereocenters. The standard InChI is InChI=1S/C15H18ClNO.2C12H14N2.2C12H19NO/c1-8(2)11-7-12-14(13(16)9(11)3)18-15(17-12)10-5-4-6-10;1-8(2)11-7-10-5-4-6-13-12(10)14-9(11)3;1-8(2)12-9(3)13-10-6-4-5-7-11(10)14-12;1-8(2)11-9(3)13-7-6-10(11)12(4,5)14;1-8(2)10-9(3)6-7-13-11(10)12(4,5)14/h7-8,10H,4-6H2,1-3H3;2*4-8H,1-3H3;2*6-8,14H,1-5H3. The van der Waals surface area contributed by atoms with Gasteiger partial charge in [0.15, 0.2) is 17.1 Å². The lowest BCUT2D eigenvalue weighted by Crippen LogP contribution is -2.21. The van der Waals surface area contributed by atoms with E-state index in [4.69, 9.17) is 16.0 Å². The molecule has 9 rings (SSSR count). The lowest BCUT2D eigenvalue weighted by atomic mass is 9.85. The molecule has 0 aliphatic heterocycles. The van der Waals surface area contributed by atoms with Crippen LogP contribution in [-0.4, -0.2) is 45.1 Å². The van der Waals surface area contributed by atoms with Gasteiger partial charge >= 0.3 is 0 Å². The van der Waals surface area contributed by atoms with Crippen LogP contribution >= 0.6 is 11.6 Å². The Balaban J connectivity index is 0.000000172. The van der Waals surface area contributed by atoms with Gasteiger partial charge in [0.1, 0.15) is 11.1 Å². The number of para-hydroxylation sites is 2. The molecular weight excluding hydrogens is 938 g/mol. The quantitative estimate of drug-likeness (QED) is 0.151. The first-order valence-electron chi connectivity index (χ1n) is 26.5. The summed E-state index contributed by atoms with van der Waals surface area (Å²) in [6, 6.07) is 20.2. The molecule has 0 unspecified atom stereocenters. The van der Waals surface area contributed by atoms with Gasteiger partial charge < -0.3 is 14.6 Å². The average molecular weight is 1020 g/mol. The van der Waals surface area contributed by atoms with Gasteiger partial charge in [0.2, 0.25) is 0 Å². The number of rotatable bonds is 8. The molecule has 1 saturated carbocycles. The fourth-order valence-corrected chi connectivity index (χ4v) is 9.80. The zero-order chi connectivity index (χ0) is 55.0. The van der Waals surface area contributed by atoms with Crippen molar-refractivity contribution in [2.45, 2.75) is 198 Å². The number of pyridine rings is 4. The molecule has 1 fully saturated rings. The van der Waals surface area contributed by atoms with E-state index in [1.165, 1.54) is 47.1 Å². The maximum atomic E-state index is 10.0. The van der Waals surface area contributed by atoms with Crippen LogP contribution in [0.4, 0.5) is 0 Å². The van der Waals surface area contributed by atoms with Gasteiger partial charge in [0.05, 0.1) is 38.7 Å². The summed E-state index contributed by atoms with van der Waals surface area (Å²) in [6.45, 7) is 38.9. The van der Waals surface area contributed by atoms with Crippen molar-refractivity contribution in [3.63, 3.8) is 0 Å². The van der Waals surface area contributed by atoms with Crippen LogP contribution in [0.1, 0.15) is 225 Å². The normalized spacial score (nSPS) is 12.9. The molecule has 11 heteroatoms. The molecule has 2 N–H and O–H groups in total. The van der Waals surface area contributed by atoms with Crippen LogP contribution in [0.2, 0.25) is 5.02 Å². The summed E-state index contributed by atoms with van der Waals surface area (Å²) in [5.74, 6) is 3.58. The van der Waals surface area contributed by atoms with Crippen molar-refractivity contribution in [2.24, 2.45) is 0 Å². The topological polar surface area (TPSA) is 144 Å². The van der Waals surface area contributed by atoms with Gasteiger partial charge in [-0.05, 0) is 192 Å². The molecule has 0 radical (unpaired) electrons. The second-order valence-electron chi connectivity index (χ2n) is 22.5. The fraction of sp³-hybridized carbons (Fsp3) is 0.476. The van der Waals surface area contributed by atoms with Crippen LogP contribution in [0.5, 0.6) is 0 Å². The molecule has 0 bridgehead atoms. The summed E-state index contributed by atoms with van der Waals surface area (Å²) in [7, 11) is 0. The molecule has 6 heterocycles. The molecule has 74 heavy (non-hydrogen) atoms. The summed E-state index contributed by atoms with van der Waals surface area (Å²) >= 11 is 6.42. The Morgan fingerprint density at radius 1 is 0.568 bits per heavy atom. The lowest BCUT2D eigenvalue weighted by molar-refractivity contribution is 0.0723. The van der Waals surface area contributed by atoms with Crippen molar-refractivity contribution in [1.29, 1.82) is 0 Å². The third-order valence-electron chi connectivity index (χ3n) is 13.6. The van der Waals surface area contributed by atoms with Gasteiger partial charge in [-0.15, -0.1) is 0 Å². The van der Waals surface area contributed by atoms with Crippen LogP contribution < -0.4 is 0 Å². The summed E-state index contributed by atoms with van der Waals surface area (Å²) in [4.78, 5) is 31.0. The zero-order valence-corrected chi connectivity index (χ0v) is 48.7. The molecule has 8 aromatic rings. The number of halogens is 1. The monoisotopic (exact) mass is 1020 g/mol. The number of hydrogen-bond acceptors (Lipinski definition) is 10. The van der Waals surface area contributed by atoms with Crippen molar-refractivity contribution in [3.05, 3.63) is 158 Å². The highest BCUT2D eigenvalue weighted by Crippen LogP contribution is 2.40. The number of oxazole rings is 1. The summed E-state index contributed by atoms with van der Waals surface area (Å²) < 4.78 is 5.88. The third-order valence-corrected chi connectivity index (χ3v) is 14.0. The van der Waals surface area contributed by atoms with Crippen LogP contribution in [-0.2, 0) is 11.2 Å². The highest BCUT2D eigenvalue weighted by atomic mass is 35.5. The summed E-state index contributed by atoms with van der Waals surface area (Å²) in [5.41, 5.74) is 16.1. The van der Waals surface area contributed by atoms with Crippen molar-refractivity contribution >= 4 is 44.8 Å². The first-order chi connectivity index (χ1) is 34.6. The zero-order valence-electron chi connectivity index (χ0n) is 47.9. The smallest absolute Gasteiger partial charge is 0.198 e. The number of nitrogens with zero attached hydrogens (tertiary/aromatic N) is 7. The SMILES string of the molecule is Cc1c(C(C)C)cc2nc(C3CCC3)oc2c1Cl.Cc1ccnc(C(C)(C)O)c1C(C)C.Cc1nc2ccccc2nc1C(C)C.Cc1nc2ncccc2cc1C(C)C.Cc1nccc(C(C)(C)O)c1C(C)C. The number of aryl methyl sites for hydroxylation is 4. The number of fused-ring (bicyclic) bond motifs is 3. The molecule has 1 aliphatic carbocycles. The van der Waals surface area contributed by atoms with E-state index < -0.39 is 11.2 Å². The van der Waals surface area contributed by atoms with E-state index >= 15 is 0 Å². The maximum absolute atomic E-state index is 10.0. The number of aromatic nitrogens is 7. The molecule has 6 aromatic heterocycles. The van der Waals surface area contributed by atoms with Crippen LogP contribution in [0, 0.1) is 34.6 Å². The molecule has 0 saturated heterocycles. The lowest BCUT2D eigenvalue weighted by Gasteiger charge is -2.24. The minimum absolute atomic E-state index is 0.394. The van der Waals surface area contributed by atoms with E-state index in [1.54, 1.807) is 32.4 Å². The van der Waals surface area contributed by atoms with E-state index in [1.807, 2.05) is 77.1 Å². The molecule has 2 aromatic carbocycles. The van der Waals surface area contributed by atoms with Gasteiger partial charge in [0, 0.05) is 41.3 Å². The number of benzene rings is 2. The Labute approximate surface area is 447 Å². The van der Waals surface area contributed by atoms with Crippen LogP contribution in [0.3, 0.4) is 0 Å². The van der Waals surface area contributed by atoms with E-state index in [0.717, 1.165) is 83.7 Å². The van der Waals surface area contributed by atoms with Gasteiger partial charge in [-0.2, -0.15) is 0 Å². The fourth-order valence-electron chi connectivity index (χ4n) is 9.56. The molecular formula is C63H84ClN7O3. The molecule has 0 spiro atoms. The maximum Gasteiger partial charge on any atom is 0.198 e. The highest BCUT2D eigenvalue weighted by molar-refractivity contribution is 6.35. The largest absolute Gasteiger partial charge is 0.439 e. The van der Waals surface area contributed by atoms with E-state index in [2.05, 4.69) is 136 Å². The summed E-state index contributed by atoms with van der Waals surface area (Å²) in [6.07, 6.45) is 8.97. The number of aliphatic hydroxyl groups is 2. The Morgan fingerprint density at radius 3 is 1.69 bits per heavy atom. The Kier molecular flexibility index (Phi) is 20.2. The van der Waals surface area contributed by atoms with Gasteiger partial charge in [-0.25, -0.2) is 24.9 Å². The van der Waals surface area contributed by atoms with Crippen LogP contribution in [0.15, 0.2) is 83.7 Å². The second-order valence-corrected chi connectivity index (χ2v) is 22.8. The van der Waals surface area contributed by atoms with E-state index in [9.17, 15) is 10.2 Å². The highest BCUT2D eigenvalue weighted by Gasteiger charge is 2.27. The third kappa shape index (κ3) is 14.8. The molecule has 1 aliphatic rings. The predicted octanol–water partition coefficient (Wildman–Crippen LogP) is 16.8. The second kappa shape index (κ2) is 25.2.